The zero-order chi connectivity index (χ0) is 13.0. The summed E-state index contributed by atoms with van der Waals surface area (Å²) in [5.41, 5.74) is 5.89. The van der Waals surface area contributed by atoms with Gasteiger partial charge in [-0.3, -0.25) is 4.79 Å². The molecule has 0 aromatic heterocycles. The van der Waals surface area contributed by atoms with Crippen molar-refractivity contribution in [3.8, 4) is 0 Å². The van der Waals surface area contributed by atoms with Gasteiger partial charge in [-0.15, -0.1) is 12.4 Å². The number of ether oxygens (including phenoxy) is 1. The number of rotatable bonds is 4. The topological polar surface area (TPSA) is 55.6 Å². The maximum Gasteiger partial charge on any atom is 0.222 e. The van der Waals surface area contributed by atoms with E-state index in [2.05, 4.69) is 0 Å². The van der Waals surface area contributed by atoms with Gasteiger partial charge in [-0.1, -0.05) is 0 Å². The molecule has 2 N–H and O–H groups in total. The van der Waals surface area contributed by atoms with Crippen LogP contribution in [0, 0.1) is 5.92 Å². The number of carbonyl (C=O) groups is 1. The fourth-order valence-corrected chi connectivity index (χ4v) is 2.92. The second kappa shape index (κ2) is 8.08. The highest BCUT2D eigenvalue weighted by atomic mass is 35.5. The molecule has 2 aliphatic rings. The number of carbonyl (C=O) groups excluding carboxylic acids is 1. The lowest BCUT2D eigenvalue weighted by Gasteiger charge is -2.23. The third-order valence-electron chi connectivity index (χ3n) is 4.28. The molecule has 0 aromatic rings. The molecule has 2 saturated heterocycles. The Hall–Kier alpha value is -0.320. The molecule has 2 heterocycles. The van der Waals surface area contributed by atoms with Crippen molar-refractivity contribution in [3.63, 3.8) is 0 Å². The fourth-order valence-electron chi connectivity index (χ4n) is 2.92. The largest absolute Gasteiger partial charge is 0.378 e. The van der Waals surface area contributed by atoms with Crippen molar-refractivity contribution < 1.29 is 9.53 Å². The van der Waals surface area contributed by atoms with Gasteiger partial charge in [0.2, 0.25) is 5.91 Å². The molecule has 2 aliphatic heterocycles. The number of halogens is 1. The molecule has 0 saturated carbocycles. The Morgan fingerprint density at radius 2 is 2.21 bits per heavy atom. The molecule has 19 heavy (non-hydrogen) atoms. The Morgan fingerprint density at radius 3 is 2.79 bits per heavy atom. The molecule has 0 aliphatic carbocycles. The van der Waals surface area contributed by atoms with E-state index in [0.717, 1.165) is 39.0 Å². The average molecular weight is 291 g/mol. The molecule has 5 heteroatoms. The molecule has 0 spiro atoms. The molecular formula is C14H27ClN2O2. The smallest absolute Gasteiger partial charge is 0.222 e. The lowest BCUT2D eigenvalue weighted by molar-refractivity contribution is -0.131. The molecule has 0 radical (unpaired) electrons. The van der Waals surface area contributed by atoms with Crippen molar-refractivity contribution in [2.24, 2.45) is 11.7 Å². The quantitative estimate of drug-likeness (QED) is 0.861. The number of nitrogens with two attached hydrogens (primary N) is 1. The van der Waals surface area contributed by atoms with Crippen molar-refractivity contribution >= 4 is 18.3 Å². The summed E-state index contributed by atoms with van der Waals surface area (Å²) in [5.74, 6) is 0.771. The Morgan fingerprint density at radius 1 is 1.42 bits per heavy atom. The van der Waals surface area contributed by atoms with Gasteiger partial charge in [0.25, 0.3) is 0 Å². The highest BCUT2D eigenvalue weighted by Gasteiger charge is 2.28. The first-order valence-electron chi connectivity index (χ1n) is 7.32. The highest BCUT2D eigenvalue weighted by molar-refractivity contribution is 5.85. The summed E-state index contributed by atoms with van der Waals surface area (Å²) in [7, 11) is 0. The van der Waals surface area contributed by atoms with Gasteiger partial charge < -0.3 is 15.4 Å². The second-order valence-electron chi connectivity index (χ2n) is 5.77. The van der Waals surface area contributed by atoms with Crippen LogP contribution in [-0.2, 0) is 9.53 Å². The molecule has 3 atom stereocenters. The Balaban J connectivity index is 0.00000180. The fraction of sp³-hybridized carbons (Fsp3) is 0.929. The van der Waals surface area contributed by atoms with Crippen molar-refractivity contribution in [2.45, 2.75) is 57.6 Å². The van der Waals surface area contributed by atoms with Gasteiger partial charge in [0.1, 0.15) is 0 Å². The second-order valence-corrected chi connectivity index (χ2v) is 5.77. The highest BCUT2D eigenvalue weighted by Crippen LogP contribution is 2.21. The predicted molar refractivity (Wildman–Crippen MR) is 78.4 cm³/mol. The monoisotopic (exact) mass is 290 g/mol. The van der Waals surface area contributed by atoms with Gasteiger partial charge in [0.15, 0.2) is 0 Å². The van der Waals surface area contributed by atoms with E-state index in [1.54, 1.807) is 0 Å². The molecule has 112 valence electrons. The van der Waals surface area contributed by atoms with Crippen LogP contribution in [0.4, 0.5) is 0 Å². The minimum absolute atomic E-state index is 0. The number of likely N-dealkylation sites (tertiary alicyclic amines) is 1. The molecule has 4 nitrogen and oxygen atoms in total. The Bertz CT molecular complexity index is 281. The van der Waals surface area contributed by atoms with Crippen LogP contribution in [0.1, 0.15) is 45.4 Å². The van der Waals surface area contributed by atoms with Crippen molar-refractivity contribution in [2.75, 3.05) is 19.7 Å². The van der Waals surface area contributed by atoms with Crippen LogP contribution in [-0.4, -0.2) is 42.6 Å². The molecule has 0 bridgehead atoms. The molecule has 3 unspecified atom stereocenters. The van der Waals surface area contributed by atoms with Gasteiger partial charge in [-0.2, -0.15) is 0 Å². The van der Waals surface area contributed by atoms with E-state index in [-0.39, 0.29) is 24.4 Å². The van der Waals surface area contributed by atoms with E-state index in [9.17, 15) is 4.79 Å². The minimum Gasteiger partial charge on any atom is -0.378 e. The van der Waals surface area contributed by atoms with E-state index in [0.29, 0.717) is 18.4 Å². The molecule has 1 amide bonds. The number of hydrogen-bond acceptors (Lipinski definition) is 3. The summed E-state index contributed by atoms with van der Waals surface area (Å²) in [4.78, 5) is 14.1. The van der Waals surface area contributed by atoms with Crippen molar-refractivity contribution in [3.05, 3.63) is 0 Å². The minimum atomic E-state index is 0. The summed E-state index contributed by atoms with van der Waals surface area (Å²) in [6.07, 6.45) is 6.43. The lowest BCUT2D eigenvalue weighted by atomic mass is 10.0. The van der Waals surface area contributed by atoms with E-state index < -0.39 is 0 Å². The summed E-state index contributed by atoms with van der Waals surface area (Å²) in [6, 6.07) is 0.199. The molecule has 2 rings (SSSR count). The summed E-state index contributed by atoms with van der Waals surface area (Å²) < 4.78 is 5.66. The average Bonchev–Trinajstić information content (AvgIpc) is 2.87. The van der Waals surface area contributed by atoms with Crippen LogP contribution in [0.15, 0.2) is 0 Å². The Labute approximate surface area is 122 Å². The van der Waals surface area contributed by atoms with Crippen LogP contribution < -0.4 is 5.73 Å². The summed E-state index contributed by atoms with van der Waals surface area (Å²) in [5, 5.41) is 0. The van der Waals surface area contributed by atoms with Crippen LogP contribution in [0.5, 0.6) is 0 Å². The SMILES string of the molecule is CC(N)C1CCN(C(=O)CCC2CCCCO2)C1.Cl. The molecular weight excluding hydrogens is 264 g/mol. The first-order valence-corrected chi connectivity index (χ1v) is 7.32. The van der Waals surface area contributed by atoms with Crippen molar-refractivity contribution in [1.29, 1.82) is 0 Å². The predicted octanol–water partition coefficient (Wildman–Crippen LogP) is 1.95. The van der Waals surface area contributed by atoms with E-state index in [1.165, 1.54) is 12.8 Å². The lowest BCUT2D eigenvalue weighted by Crippen LogP contribution is -2.33. The zero-order valence-corrected chi connectivity index (χ0v) is 12.7. The maximum absolute atomic E-state index is 12.1. The number of hydrogen-bond donors (Lipinski definition) is 1. The first kappa shape index (κ1) is 16.7. The van der Waals surface area contributed by atoms with Gasteiger partial charge in [-0.05, 0) is 44.9 Å². The van der Waals surface area contributed by atoms with Crippen LogP contribution >= 0.6 is 12.4 Å². The third kappa shape index (κ3) is 4.93. The van der Waals surface area contributed by atoms with E-state index >= 15 is 0 Å². The third-order valence-corrected chi connectivity index (χ3v) is 4.28. The maximum atomic E-state index is 12.1. The van der Waals surface area contributed by atoms with Crippen LogP contribution in [0.25, 0.3) is 0 Å². The van der Waals surface area contributed by atoms with E-state index in [1.807, 2.05) is 11.8 Å². The summed E-state index contributed by atoms with van der Waals surface area (Å²) in [6.45, 7) is 4.64. The van der Waals surface area contributed by atoms with Gasteiger partial charge >= 0.3 is 0 Å². The van der Waals surface area contributed by atoms with Gasteiger partial charge in [0, 0.05) is 32.2 Å². The van der Waals surface area contributed by atoms with E-state index in [4.69, 9.17) is 10.5 Å². The van der Waals surface area contributed by atoms with Crippen LogP contribution in [0.3, 0.4) is 0 Å². The standard InChI is InChI=1S/C14H26N2O2.ClH/c1-11(15)12-7-8-16(10-12)14(17)6-5-13-4-2-3-9-18-13;/h11-13H,2-10,15H2,1H3;1H. The Kier molecular flexibility index (Phi) is 7.11. The van der Waals surface area contributed by atoms with Crippen molar-refractivity contribution in [1.82, 2.24) is 4.90 Å². The molecule has 2 fully saturated rings. The van der Waals surface area contributed by atoms with Gasteiger partial charge in [-0.25, -0.2) is 0 Å². The van der Waals surface area contributed by atoms with Gasteiger partial charge in [0.05, 0.1) is 6.10 Å². The first-order chi connectivity index (χ1) is 8.66. The number of amides is 1. The summed E-state index contributed by atoms with van der Waals surface area (Å²) >= 11 is 0. The molecule has 0 aromatic carbocycles. The van der Waals surface area contributed by atoms with Crippen LogP contribution in [0.2, 0.25) is 0 Å². The zero-order valence-electron chi connectivity index (χ0n) is 11.8. The normalized spacial score (nSPS) is 28.8. The number of nitrogens with zero attached hydrogens (tertiary/aromatic N) is 1.